The SMILES string of the molecule is C/C(c1c(O)c(=O)c1=O)=c1\[nH]c2cccc3cccc1c32.CCC1Nc2cccc3cccc1c23.CCCCCCCC.CCCCCCCC.CCCCCCCC.O=C1Nc2cccc3cccc1c23.O=c1c(Cl)c(Cl)c1=O.O=c1c(O)c(O)c1=O.[I-]. The van der Waals surface area contributed by atoms with Gasteiger partial charge in [0.25, 0.3) is 22.2 Å². The van der Waals surface area contributed by atoms with E-state index >= 15 is 0 Å². The number of aromatic amines is 1. The first kappa shape index (κ1) is 74.3. The summed E-state index contributed by atoms with van der Waals surface area (Å²) >= 11 is 10.2. The first-order chi connectivity index (χ1) is 42.4. The van der Waals surface area contributed by atoms with E-state index in [0.29, 0.717) is 11.6 Å². The fourth-order valence-corrected chi connectivity index (χ4v) is 10.8. The van der Waals surface area contributed by atoms with E-state index in [4.69, 9.17) is 33.4 Å². The topological polar surface area (TPSA) is 220 Å². The number of carbonyl (C=O) groups excluding carboxylic acids is 1. The van der Waals surface area contributed by atoms with Crippen LogP contribution in [0.1, 0.15) is 205 Å². The molecule has 0 aliphatic carbocycles. The maximum Gasteiger partial charge on any atom is 0.275 e. The van der Waals surface area contributed by atoms with Crippen molar-refractivity contribution in [3.63, 3.8) is 0 Å². The molecule has 476 valence electrons. The Labute approximate surface area is 548 Å². The van der Waals surface area contributed by atoms with Gasteiger partial charge in [-0.1, -0.05) is 272 Å². The molecule has 89 heavy (non-hydrogen) atoms. The van der Waals surface area contributed by atoms with Gasteiger partial charge in [-0.05, 0) is 64.9 Å². The van der Waals surface area contributed by atoms with Crippen LogP contribution in [0.2, 0.25) is 10.0 Å². The lowest BCUT2D eigenvalue weighted by molar-refractivity contribution is -0.0000282. The predicted octanol–water partition coefficient (Wildman–Crippen LogP) is 14.1. The number of benzene rings is 6. The van der Waals surface area contributed by atoms with Crippen LogP contribution in [0.5, 0.6) is 17.2 Å². The van der Waals surface area contributed by atoms with Crippen LogP contribution >= 0.6 is 23.2 Å². The van der Waals surface area contributed by atoms with Crippen LogP contribution in [-0.4, -0.2) is 26.2 Å². The second-order valence-electron chi connectivity index (χ2n) is 22.1. The normalized spacial score (nSPS) is 12.5. The molecule has 0 fully saturated rings. The summed E-state index contributed by atoms with van der Waals surface area (Å²) in [6.07, 6.45) is 26.6. The van der Waals surface area contributed by atoms with E-state index in [2.05, 4.69) is 100 Å². The van der Waals surface area contributed by atoms with Crippen LogP contribution in [0.3, 0.4) is 0 Å². The van der Waals surface area contributed by atoms with Gasteiger partial charge in [0.05, 0.1) is 17.0 Å². The lowest BCUT2D eigenvalue weighted by Gasteiger charge is -2.09. The molecule has 3 heterocycles. The van der Waals surface area contributed by atoms with Gasteiger partial charge in [0, 0.05) is 44.0 Å². The van der Waals surface area contributed by atoms with Crippen molar-refractivity contribution in [3.05, 3.63) is 203 Å². The number of hydrogen-bond acceptors (Lipinski definition) is 11. The summed E-state index contributed by atoms with van der Waals surface area (Å²) in [6.45, 7) is 17.5. The van der Waals surface area contributed by atoms with Gasteiger partial charge in [-0.15, -0.1) is 0 Å². The van der Waals surface area contributed by atoms with Gasteiger partial charge in [-0.3, -0.25) is 33.6 Å². The first-order valence-corrected chi connectivity index (χ1v) is 32.1. The Morgan fingerprint density at radius 3 is 1.26 bits per heavy atom. The summed E-state index contributed by atoms with van der Waals surface area (Å²) in [5, 5.41) is 41.1. The number of aromatic nitrogens is 1. The largest absolute Gasteiger partial charge is 1.00 e. The molecule has 1 amide bonds. The van der Waals surface area contributed by atoms with Crippen LogP contribution in [0.15, 0.2) is 138 Å². The predicted molar refractivity (Wildman–Crippen MR) is 368 cm³/mol. The van der Waals surface area contributed by atoms with Gasteiger partial charge in [-0.25, -0.2) is 0 Å². The van der Waals surface area contributed by atoms with Gasteiger partial charge in [0.15, 0.2) is 5.75 Å². The van der Waals surface area contributed by atoms with Crippen molar-refractivity contribution in [2.24, 2.45) is 0 Å². The molecule has 13 nitrogen and oxygen atoms in total. The maximum absolute atomic E-state index is 11.7. The van der Waals surface area contributed by atoms with Gasteiger partial charge in [-0.2, -0.15) is 0 Å². The minimum Gasteiger partial charge on any atom is -1.00 e. The van der Waals surface area contributed by atoms with Crippen LogP contribution in [-0.2, 0) is 0 Å². The minimum atomic E-state index is -1.01. The molecule has 2 aliphatic rings. The quantitative estimate of drug-likeness (QED) is 0.0286. The van der Waals surface area contributed by atoms with E-state index in [1.54, 1.807) is 6.92 Å². The molecule has 2 aliphatic heterocycles. The average Bonchev–Trinajstić information content (AvgIpc) is 2.54. The number of aromatic hydroxyl groups is 3. The third kappa shape index (κ3) is 19.2. The molecule has 6 N–H and O–H groups in total. The third-order valence-corrected chi connectivity index (χ3v) is 16.4. The van der Waals surface area contributed by atoms with Crippen LogP contribution in [0.4, 0.5) is 11.4 Å². The molecule has 12 rings (SSSR count). The molecular formula is C73H87Cl2IN3O10-. The molecular weight excluding hydrogens is 1280 g/mol. The highest BCUT2D eigenvalue weighted by Crippen LogP contribution is 2.40. The van der Waals surface area contributed by atoms with Crippen molar-refractivity contribution in [1.82, 2.24) is 4.98 Å². The molecule has 1 atom stereocenters. The zero-order valence-corrected chi connectivity index (χ0v) is 56.4. The first-order valence-electron chi connectivity index (χ1n) is 31.4. The number of rotatable bonds is 17. The van der Waals surface area contributed by atoms with Gasteiger partial charge in [0.1, 0.15) is 10.0 Å². The van der Waals surface area contributed by atoms with E-state index in [1.807, 2.05) is 72.8 Å². The van der Waals surface area contributed by atoms with E-state index < -0.39 is 49.8 Å². The Balaban J connectivity index is 0.000000225. The van der Waals surface area contributed by atoms with Crippen molar-refractivity contribution in [3.8, 4) is 17.2 Å². The zero-order valence-electron chi connectivity index (χ0n) is 52.7. The number of anilines is 2. The van der Waals surface area contributed by atoms with Gasteiger partial charge < -0.3 is 54.9 Å². The number of amides is 1. The standard InChI is InChI=1S/C17H11NO3.C13H13N.C11H7NO.3C8H18.C4Cl2O2.C4H2O4.HI/c1-8(12-15(19)17(21)16(12)20)14-10-6-2-4-9-5-3-7-11(18-14)13(9)10;1-2-11-10-7-3-5-9-6-4-8-12(14-11)13(9)10;13-11-8-5-1-3-7-4-2-6-9(12-11)10(7)8;3*1-3-5-7-8-6-4-2;2*5-1-2(6)4(8)3(1)7;/h2-7,18-19H,1H3;3-8,11,14H,2H2,1H3;1-6H,(H,12,13);3*3-8H2,1-2H3;;5-6H;1H/p-1/b14-8+;;;;;;;;. The van der Waals surface area contributed by atoms with Crippen LogP contribution in [0, 0.1) is 0 Å². The molecule has 1 unspecified atom stereocenters. The summed E-state index contributed by atoms with van der Waals surface area (Å²) < 4.78 is 0. The molecule has 10 aromatic rings. The summed E-state index contributed by atoms with van der Waals surface area (Å²) in [6, 6.07) is 37.1. The molecule has 16 heteroatoms. The van der Waals surface area contributed by atoms with Crippen molar-refractivity contribution in [1.29, 1.82) is 0 Å². The highest BCUT2D eigenvalue weighted by Gasteiger charge is 2.24. The maximum atomic E-state index is 11.7. The van der Waals surface area contributed by atoms with Crippen molar-refractivity contribution >= 4 is 89.3 Å². The Bertz CT molecular complexity index is 3980. The fourth-order valence-electron chi connectivity index (χ4n) is 10.5. The smallest absolute Gasteiger partial charge is 0.275 e. The Hall–Kier alpha value is -7.14. The molecule has 0 spiro atoms. The summed E-state index contributed by atoms with van der Waals surface area (Å²) in [5.41, 5.74) is 1.33. The second-order valence-corrected chi connectivity index (χ2v) is 22.9. The minimum absolute atomic E-state index is 0. The number of H-pyrrole nitrogens is 1. The molecule has 1 aromatic heterocycles. The number of carbonyl (C=O) groups is 1. The summed E-state index contributed by atoms with van der Waals surface area (Å²) in [4.78, 5) is 77.8. The fraction of sp³-hybridized carbons (Fsp3) is 0.384. The van der Waals surface area contributed by atoms with Crippen LogP contribution in [0.25, 0.3) is 48.8 Å². The number of unbranched alkanes of at least 4 members (excludes halogenated alkanes) is 15. The zero-order chi connectivity index (χ0) is 64.5. The molecule has 0 saturated heterocycles. The molecule has 0 saturated carbocycles. The second kappa shape index (κ2) is 37.8. The number of hydrogen-bond donors (Lipinski definition) is 6. The van der Waals surface area contributed by atoms with E-state index in [-0.39, 0.29) is 45.5 Å². The van der Waals surface area contributed by atoms with Gasteiger partial charge >= 0.3 is 0 Å². The van der Waals surface area contributed by atoms with Crippen molar-refractivity contribution in [2.45, 2.75) is 183 Å². The van der Waals surface area contributed by atoms with E-state index in [0.717, 1.165) is 55.5 Å². The Kier molecular flexibility index (Phi) is 31.5. The third-order valence-electron chi connectivity index (χ3n) is 15.5. The molecule has 0 bridgehead atoms. The molecule has 0 radical (unpaired) electrons. The summed E-state index contributed by atoms with van der Waals surface area (Å²) in [5.74, 6) is -2.08. The van der Waals surface area contributed by atoms with Crippen molar-refractivity contribution < 1.29 is 44.1 Å². The summed E-state index contributed by atoms with van der Waals surface area (Å²) in [7, 11) is 0. The number of nitrogens with one attached hydrogen (secondary N) is 3. The lowest BCUT2D eigenvalue weighted by Crippen LogP contribution is -3.00. The van der Waals surface area contributed by atoms with Crippen molar-refractivity contribution in [2.75, 3.05) is 10.6 Å². The van der Waals surface area contributed by atoms with E-state index in [9.17, 15) is 38.7 Å². The Morgan fingerprint density at radius 2 is 0.831 bits per heavy atom. The Morgan fingerprint density at radius 1 is 0.438 bits per heavy atom. The lowest BCUT2D eigenvalue weighted by atomic mass is 9.99. The van der Waals surface area contributed by atoms with Gasteiger partial charge in [0.2, 0.25) is 27.8 Å². The van der Waals surface area contributed by atoms with Crippen LogP contribution < -0.4 is 72.5 Å². The number of halogens is 3. The average molecular weight is 1360 g/mol. The highest BCUT2D eigenvalue weighted by atomic mass is 127. The molecule has 9 aromatic carbocycles. The monoisotopic (exact) mass is 1360 g/mol. The van der Waals surface area contributed by atoms with E-state index in [1.165, 1.54) is 138 Å². The highest BCUT2D eigenvalue weighted by molar-refractivity contribution is 6.43.